The first-order valence-electron chi connectivity index (χ1n) is 12.4. The van der Waals surface area contributed by atoms with Crippen molar-refractivity contribution in [2.75, 3.05) is 0 Å². The molecule has 26 heavy (non-hydrogen) atoms. The zero-order valence-electron chi connectivity index (χ0n) is 17.6. The van der Waals surface area contributed by atoms with Gasteiger partial charge in [-0.25, -0.2) is 0 Å². The van der Waals surface area contributed by atoms with Crippen LogP contribution in [0, 0.1) is 5.92 Å². The van der Waals surface area contributed by atoms with Crippen molar-refractivity contribution in [3.8, 4) is 0 Å². The van der Waals surface area contributed by atoms with Crippen molar-refractivity contribution in [1.82, 2.24) is 0 Å². The molecular weight excluding hydrogens is 331 g/mol. The molecule has 0 amide bonds. The van der Waals surface area contributed by atoms with E-state index in [4.69, 9.17) is 0 Å². The normalized spacial score (nSPS) is 32.3. The summed E-state index contributed by atoms with van der Waals surface area (Å²) in [4.78, 5) is 0. The van der Waals surface area contributed by atoms with Crippen LogP contribution >= 0.6 is 7.26 Å². The van der Waals surface area contributed by atoms with Gasteiger partial charge in [-0.15, -0.1) is 0 Å². The Balaban J connectivity index is 1.74. The summed E-state index contributed by atoms with van der Waals surface area (Å²) >= 11 is 0. The van der Waals surface area contributed by atoms with Crippen molar-refractivity contribution in [2.24, 2.45) is 5.92 Å². The van der Waals surface area contributed by atoms with E-state index in [1.807, 2.05) is 5.57 Å². The monoisotopic (exact) mass is 375 g/mol. The SMILES string of the molecule is CC1CCC/C1=C/[P+](C1CCCCC1)(C1CCCCC1)C1CCCCC1. The van der Waals surface area contributed by atoms with Gasteiger partial charge in [0.15, 0.2) is 0 Å². The van der Waals surface area contributed by atoms with Gasteiger partial charge >= 0.3 is 0 Å². The molecule has 0 N–H and O–H groups in total. The van der Waals surface area contributed by atoms with Gasteiger partial charge in [0.05, 0.1) is 22.8 Å². The van der Waals surface area contributed by atoms with Gasteiger partial charge in [0.1, 0.15) is 0 Å². The third kappa shape index (κ3) is 3.97. The first kappa shape index (κ1) is 19.5. The molecule has 1 heteroatoms. The van der Waals surface area contributed by atoms with Gasteiger partial charge in [-0.05, 0) is 108 Å². The van der Waals surface area contributed by atoms with Crippen LogP contribution < -0.4 is 0 Å². The molecular formula is C25H44P+. The largest absolute Gasteiger partial charge is 0.0744 e. The molecule has 0 nitrogen and oxygen atoms in total. The molecule has 0 aromatic rings. The summed E-state index contributed by atoms with van der Waals surface area (Å²) < 4.78 is 0. The van der Waals surface area contributed by atoms with Gasteiger partial charge in [0.2, 0.25) is 0 Å². The van der Waals surface area contributed by atoms with Crippen molar-refractivity contribution in [1.29, 1.82) is 0 Å². The standard InChI is InChI=1S/C25H44P/c1-21-12-11-13-22(21)20-26(23-14-5-2-6-15-23,24-16-7-3-8-17-24)25-18-9-4-10-19-25/h20-21,23-25H,2-19H2,1H3/q+1/b22-20-. The Morgan fingerprint density at radius 1 is 0.577 bits per heavy atom. The highest BCUT2D eigenvalue weighted by Gasteiger charge is 2.56. The summed E-state index contributed by atoms with van der Waals surface area (Å²) in [6, 6.07) is 0. The van der Waals surface area contributed by atoms with Crippen molar-refractivity contribution < 1.29 is 0 Å². The van der Waals surface area contributed by atoms with E-state index in [2.05, 4.69) is 12.7 Å². The molecule has 0 bridgehead atoms. The lowest BCUT2D eigenvalue weighted by atomic mass is 9.99. The van der Waals surface area contributed by atoms with Gasteiger partial charge in [0.25, 0.3) is 0 Å². The number of allylic oxidation sites excluding steroid dienone is 1. The van der Waals surface area contributed by atoms with Crippen LogP contribution in [0.15, 0.2) is 11.4 Å². The number of hydrogen-bond acceptors (Lipinski definition) is 0. The average molecular weight is 376 g/mol. The molecule has 0 aromatic carbocycles. The molecule has 0 spiro atoms. The van der Waals surface area contributed by atoms with Crippen molar-refractivity contribution in [2.45, 2.75) is 139 Å². The van der Waals surface area contributed by atoms with E-state index in [0.717, 1.165) is 22.9 Å². The van der Waals surface area contributed by atoms with Gasteiger partial charge in [0, 0.05) is 7.26 Å². The molecule has 4 aliphatic rings. The van der Waals surface area contributed by atoms with E-state index in [9.17, 15) is 0 Å². The Bertz CT molecular complexity index is 415. The molecule has 0 radical (unpaired) electrons. The van der Waals surface area contributed by atoms with E-state index >= 15 is 0 Å². The van der Waals surface area contributed by atoms with Crippen LogP contribution in [0.1, 0.15) is 122 Å². The second-order valence-corrected chi connectivity index (χ2v) is 14.5. The molecule has 0 aliphatic heterocycles. The third-order valence-corrected chi connectivity index (χ3v) is 14.9. The molecule has 4 rings (SSSR count). The lowest BCUT2D eigenvalue weighted by Gasteiger charge is -2.47. The first-order valence-corrected chi connectivity index (χ1v) is 14.5. The first-order chi connectivity index (χ1) is 12.8. The molecule has 4 fully saturated rings. The van der Waals surface area contributed by atoms with Crippen molar-refractivity contribution in [3.05, 3.63) is 11.4 Å². The lowest BCUT2D eigenvalue weighted by molar-refractivity contribution is 0.454. The summed E-state index contributed by atoms with van der Waals surface area (Å²) in [6.07, 6.45) is 27.8. The highest BCUT2D eigenvalue weighted by atomic mass is 31.2. The number of hydrogen-bond donors (Lipinski definition) is 0. The van der Waals surface area contributed by atoms with E-state index in [1.54, 1.807) is 77.0 Å². The molecule has 148 valence electrons. The lowest BCUT2D eigenvalue weighted by Crippen LogP contribution is -2.35. The topological polar surface area (TPSA) is 0 Å². The minimum atomic E-state index is -0.971. The minimum Gasteiger partial charge on any atom is -0.0586 e. The van der Waals surface area contributed by atoms with Gasteiger partial charge in [-0.2, -0.15) is 0 Å². The maximum Gasteiger partial charge on any atom is 0.0744 e. The predicted octanol–water partition coefficient (Wildman–Crippen LogP) is 8.71. The van der Waals surface area contributed by atoms with E-state index < -0.39 is 7.26 Å². The van der Waals surface area contributed by atoms with Gasteiger partial charge in [-0.1, -0.05) is 26.2 Å². The zero-order valence-corrected chi connectivity index (χ0v) is 18.5. The van der Waals surface area contributed by atoms with Crippen LogP contribution in [-0.4, -0.2) is 17.0 Å². The Morgan fingerprint density at radius 2 is 1.00 bits per heavy atom. The highest BCUT2D eigenvalue weighted by molar-refractivity contribution is 7.80. The molecule has 4 aliphatic carbocycles. The van der Waals surface area contributed by atoms with E-state index in [0.29, 0.717) is 0 Å². The Hall–Kier alpha value is 0.170. The van der Waals surface area contributed by atoms with Crippen LogP contribution in [-0.2, 0) is 0 Å². The third-order valence-electron chi connectivity index (χ3n) is 8.75. The van der Waals surface area contributed by atoms with Gasteiger partial charge in [-0.3, -0.25) is 0 Å². The van der Waals surface area contributed by atoms with E-state index in [1.165, 1.54) is 38.5 Å². The fraction of sp³-hybridized carbons (Fsp3) is 0.920. The van der Waals surface area contributed by atoms with E-state index in [-0.39, 0.29) is 0 Å². The molecule has 4 saturated carbocycles. The summed E-state index contributed by atoms with van der Waals surface area (Å²) in [5.41, 5.74) is 5.33. The van der Waals surface area contributed by atoms with Crippen LogP contribution in [0.5, 0.6) is 0 Å². The molecule has 0 saturated heterocycles. The molecule has 1 unspecified atom stereocenters. The Morgan fingerprint density at radius 3 is 1.35 bits per heavy atom. The summed E-state index contributed by atoms with van der Waals surface area (Å²) in [5.74, 6) is 4.05. The minimum absolute atomic E-state index is 0.908. The second kappa shape index (κ2) is 9.11. The number of rotatable bonds is 4. The summed E-state index contributed by atoms with van der Waals surface area (Å²) in [5, 5.41) is 0. The quantitative estimate of drug-likeness (QED) is 0.431. The smallest absolute Gasteiger partial charge is 0.0586 e. The van der Waals surface area contributed by atoms with Crippen molar-refractivity contribution >= 4 is 7.26 Å². The molecule has 0 aromatic heterocycles. The van der Waals surface area contributed by atoms with Crippen LogP contribution in [0.25, 0.3) is 0 Å². The molecule has 1 atom stereocenters. The Labute approximate surface area is 164 Å². The maximum atomic E-state index is 3.15. The predicted molar refractivity (Wildman–Crippen MR) is 119 cm³/mol. The maximum absolute atomic E-state index is 3.15. The fourth-order valence-corrected chi connectivity index (χ4v) is 14.5. The van der Waals surface area contributed by atoms with Gasteiger partial charge < -0.3 is 0 Å². The fourth-order valence-electron chi connectivity index (χ4n) is 7.32. The van der Waals surface area contributed by atoms with Crippen LogP contribution in [0.3, 0.4) is 0 Å². The average Bonchev–Trinajstić information content (AvgIpc) is 3.12. The summed E-state index contributed by atoms with van der Waals surface area (Å²) in [6.45, 7) is 2.55. The summed E-state index contributed by atoms with van der Waals surface area (Å²) in [7, 11) is -0.971. The van der Waals surface area contributed by atoms with Crippen molar-refractivity contribution in [3.63, 3.8) is 0 Å². The van der Waals surface area contributed by atoms with Crippen LogP contribution in [0.2, 0.25) is 0 Å². The second-order valence-electron chi connectivity index (χ2n) is 10.3. The molecule has 0 heterocycles. The Kier molecular flexibility index (Phi) is 6.83. The van der Waals surface area contributed by atoms with Crippen LogP contribution in [0.4, 0.5) is 0 Å². The highest BCUT2D eigenvalue weighted by Crippen LogP contribution is 2.79. The zero-order chi connectivity index (χ0) is 17.8.